The lowest BCUT2D eigenvalue weighted by atomic mass is 10.1. The van der Waals surface area contributed by atoms with Crippen LogP contribution >= 0.6 is 0 Å². The second-order valence-electron chi connectivity index (χ2n) is 4.79. The molecule has 0 saturated heterocycles. The average molecular weight is 314 g/mol. The van der Waals surface area contributed by atoms with Crippen molar-refractivity contribution in [2.45, 2.75) is 13.5 Å². The zero-order valence-electron chi connectivity index (χ0n) is 12.6. The number of aryl methyl sites for hydroxylation is 1. The van der Waals surface area contributed by atoms with E-state index in [0.717, 1.165) is 21.7 Å². The Morgan fingerprint density at radius 1 is 1.33 bits per heavy atom. The van der Waals surface area contributed by atoms with Crippen LogP contribution in [0.2, 0.25) is 0 Å². The third kappa shape index (κ3) is 6.24. The van der Waals surface area contributed by atoms with Gasteiger partial charge in [0.2, 0.25) is 15.9 Å². The standard InChI is InChI=1S/C14H22N2O4S/c1-12-6-4-5-7-13(12)10-15-14(17)11-16(8-9-20-2)21(3,18)19/h4-7H,8-11H2,1-3H3,(H,15,17). The maximum absolute atomic E-state index is 11.9. The maximum Gasteiger partial charge on any atom is 0.235 e. The minimum Gasteiger partial charge on any atom is -0.383 e. The van der Waals surface area contributed by atoms with Crippen molar-refractivity contribution < 1.29 is 17.9 Å². The Morgan fingerprint density at radius 2 is 2.00 bits per heavy atom. The smallest absolute Gasteiger partial charge is 0.235 e. The van der Waals surface area contributed by atoms with Crippen molar-refractivity contribution in [1.82, 2.24) is 9.62 Å². The number of hydrogen-bond donors (Lipinski definition) is 1. The van der Waals surface area contributed by atoms with Crippen LogP contribution in [0, 0.1) is 6.92 Å². The number of rotatable bonds is 8. The second kappa shape index (κ2) is 8.11. The van der Waals surface area contributed by atoms with Crippen molar-refractivity contribution in [3.8, 4) is 0 Å². The number of nitrogens with one attached hydrogen (secondary N) is 1. The molecule has 1 aromatic rings. The van der Waals surface area contributed by atoms with Crippen molar-refractivity contribution in [2.24, 2.45) is 0 Å². The summed E-state index contributed by atoms with van der Waals surface area (Å²) in [5, 5.41) is 2.73. The van der Waals surface area contributed by atoms with Crippen molar-refractivity contribution in [2.75, 3.05) is 33.1 Å². The number of nitrogens with zero attached hydrogens (tertiary/aromatic N) is 1. The largest absolute Gasteiger partial charge is 0.383 e. The second-order valence-corrected chi connectivity index (χ2v) is 6.77. The predicted octanol–water partition coefficient (Wildman–Crippen LogP) is 0.519. The Balaban J connectivity index is 2.56. The molecule has 118 valence electrons. The van der Waals surface area contributed by atoms with Gasteiger partial charge in [-0.15, -0.1) is 0 Å². The lowest BCUT2D eigenvalue weighted by molar-refractivity contribution is -0.121. The summed E-state index contributed by atoms with van der Waals surface area (Å²) in [6.07, 6.45) is 1.08. The number of carbonyl (C=O) groups is 1. The molecule has 0 spiro atoms. The van der Waals surface area contributed by atoms with Crippen LogP contribution in [-0.2, 0) is 26.1 Å². The molecule has 0 heterocycles. The van der Waals surface area contributed by atoms with Gasteiger partial charge in [0.05, 0.1) is 19.4 Å². The van der Waals surface area contributed by atoms with Crippen LogP contribution in [0.3, 0.4) is 0 Å². The molecule has 0 aliphatic carbocycles. The highest BCUT2D eigenvalue weighted by Crippen LogP contribution is 2.06. The number of benzene rings is 1. The normalized spacial score (nSPS) is 11.6. The summed E-state index contributed by atoms with van der Waals surface area (Å²) in [5.41, 5.74) is 2.09. The molecule has 0 bridgehead atoms. The summed E-state index contributed by atoms with van der Waals surface area (Å²) in [5.74, 6) is -0.334. The number of carbonyl (C=O) groups excluding carboxylic acids is 1. The topological polar surface area (TPSA) is 75.7 Å². The monoisotopic (exact) mass is 314 g/mol. The Hall–Kier alpha value is -1.44. The van der Waals surface area contributed by atoms with Crippen LogP contribution in [0.4, 0.5) is 0 Å². The number of hydrogen-bond acceptors (Lipinski definition) is 4. The molecular formula is C14H22N2O4S. The summed E-state index contributed by atoms with van der Waals surface area (Å²) in [4.78, 5) is 11.9. The van der Waals surface area contributed by atoms with E-state index >= 15 is 0 Å². The maximum atomic E-state index is 11.9. The van der Waals surface area contributed by atoms with Gasteiger partial charge in [0.1, 0.15) is 0 Å². The van der Waals surface area contributed by atoms with E-state index in [2.05, 4.69) is 5.32 Å². The lowest BCUT2D eigenvalue weighted by Crippen LogP contribution is -2.41. The van der Waals surface area contributed by atoms with Crippen LogP contribution in [0.5, 0.6) is 0 Å². The highest BCUT2D eigenvalue weighted by atomic mass is 32.2. The molecule has 1 amide bonds. The fourth-order valence-electron chi connectivity index (χ4n) is 1.77. The van der Waals surface area contributed by atoms with Crippen molar-refractivity contribution in [3.05, 3.63) is 35.4 Å². The van der Waals surface area contributed by atoms with E-state index < -0.39 is 10.0 Å². The molecule has 0 aromatic heterocycles. The Morgan fingerprint density at radius 3 is 2.57 bits per heavy atom. The molecule has 21 heavy (non-hydrogen) atoms. The molecule has 1 aromatic carbocycles. The minimum atomic E-state index is -3.43. The van der Waals surface area contributed by atoms with E-state index in [1.165, 1.54) is 7.11 Å². The van der Waals surface area contributed by atoms with Gasteiger partial charge in [-0.3, -0.25) is 4.79 Å². The number of sulfonamides is 1. The Bertz CT molecular complexity index is 572. The van der Waals surface area contributed by atoms with Gasteiger partial charge in [0.15, 0.2) is 0 Å². The van der Waals surface area contributed by atoms with Gasteiger partial charge in [-0.05, 0) is 18.1 Å². The first-order chi connectivity index (χ1) is 9.84. The van der Waals surface area contributed by atoms with Crippen LogP contribution in [0.15, 0.2) is 24.3 Å². The number of amides is 1. The zero-order valence-corrected chi connectivity index (χ0v) is 13.4. The zero-order chi connectivity index (χ0) is 15.9. The SMILES string of the molecule is COCCN(CC(=O)NCc1ccccc1C)S(C)(=O)=O. The van der Waals surface area contributed by atoms with Crippen LogP contribution in [-0.4, -0.2) is 51.7 Å². The van der Waals surface area contributed by atoms with Gasteiger partial charge in [0.25, 0.3) is 0 Å². The minimum absolute atomic E-state index is 0.160. The predicted molar refractivity (Wildman–Crippen MR) is 81.3 cm³/mol. The molecule has 0 saturated carbocycles. The third-order valence-electron chi connectivity index (χ3n) is 3.07. The van der Waals surface area contributed by atoms with Crippen molar-refractivity contribution in [1.29, 1.82) is 0 Å². The molecule has 0 unspecified atom stereocenters. The fraction of sp³-hybridized carbons (Fsp3) is 0.500. The van der Waals surface area contributed by atoms with E-state index in [1.54, 1.807) is 0 Å². The van der Waals surface area contributed by atoms with Gasteiger partial charge in [0, 0.05) is 20.2 Å². The van der Waals surface area contributed by atoms with Gasteiger partial charge in [-0.1, -0.05) is 24.3 Å². The molecular weight excluding hydrogens is 292 g/mol. The van der Waals surface area contributed by atoms with Crippen LogP contribution in [0.25, 0.3) is 0 Å². The molecule has 6 nitrogen and oxygen atoms in total. The highest BCUT2D eigenvalue weighted by molar-refractivity contribution is 7.88. The van der Waals surface area contributed by atoms with Gasteiger partial charge >= 0.3 is 0 Å². The first-order valence-corrected chi connectivity index (χ1v) is 8.44. The summed E-state index contributed by atoms with van der Waals surface area (Å²) >= 11 is 0. The van der Waals surface area contributed by atoms with Gasteiger partial charge < -0.3 is 10.1 Å². The van der Waals surface area contributed by atoms with Crippen LogP contribution < -0.4 is 5.32 Å². The summed E-state index contributed by atoms with van der Waals surface area (Å²) in [6, 6.07) is 7.71. The quantitative estimate of drug-likeness (QED) is 0.759. The van der Waals surface area contributed by atoms with E-state index in [-0.39, 0.29) is 25.6 Å². The average Bonchev–Trinajstić information content (AvgIpc) is 2.41. The molecule has 0 radical (unpaired) electrons. The molecule has 0 fully saturated rings. The first kappa shape index (κ1) is 17.6. The molecule has 1 rings (SSSR count). The third-order valence-corrected chi connectivity index (χ3v) is 4.32. The van der Waals surface area contributed by atoms with E-state index in [4.69, 9.17) is 4.74 Å². The molecule has 0 atom stereocenters. The van der Waals surface area contributed by atoms with Crippen LogP contribution in [0.1, 0.15) is 11.1 Å². The summed E-state index contributed by atoms with van der Waals surface area (Å²) in [7, 11) is -1.95. The molecule has 7 heteroatoms. The number of methoxy groups -OCH3 is 1. The summed E-state index contributed by atoms with van der Waals surface area (Å²) < 4.78 is 29.1. The molecule has 0 aliphatic rings. The molecule has 0 aliphatic heterocycles. The van der Waals surface area contributed by atoms with E-state index in [1.807, 2.05) is 31.2 Å². The van der Waals surface area contributed by atoms with Crippen molar-refractivity contribution >= 4 is 15.9 Å². The number of ether oxygens (including phenoxy) is 1. The van der Waals surface area contributed by atoms with Gasteiger partial charge in [-0.25, -0.2) is 8.42 Å². The highest BCUT2D eigenvalue weighted by Gasteiger charge is 2.19. The lowest BCUT2D eigenvalue weighted by Gasteiger charge is -2.19. The molecule has 1 N–H and O–H groups in total. The van der Waals surface area contributed by atoms with Gasteiger partial charge in [-0.2, -0.15) is 4.31 Å². The Labute approximate surface area is 126 Å². The summed E-state index contributed by atoms with van der Waals surface area (Å²) in [6.45, 7) is 2.55. The Kier molecular flexibility index (Phi) is 6.80. The fourth-order valence-corrected chi connectivity index (χ4v) is 2.53. The van der Waals surface area contributed by atoms with E-state index in [9.17, 15) is 13.2 Å². The van der Waals surface area contributed by atoms with E-state index in [0.29, 0.717) is 6.54 Å². The first-order valence-electron chi connectivity index (χ1n) is 6.60. The van der Waals surface area contributed by atoms with Crippen molar-refractivity contribution in [3.63, 3.8) is 0 Å².